The molecule has 5 nitrogen and oxygen atoms in total. The number of hydrogen-bond acceptors (Lipinski definition) is 5. The minimum absolute atomic E-state index is 0.293. The van der Waals surface area contributed by atoms with Gasteiger partial charge in [-0.1, -0.05) is 36.4 Å². The van der Waals surface area contributed by atoms with Crippen LogP contribution in [-0.4, -0.2) is 36.0 Å². The fraction of sp³-hybridized carbons (Fsp3) is 0.182. The number of methoxy groups -OCH3 is 3. The lowest BCUT2D eigenvalue weighted by molar-refractivity contribution is 0.324. The Morgan fingerprint density at radius 1 is 0.679 bits per heavy atom. The molecule has 0 radical (unpaired) electrons. The van der Waals surface area contributed by atoms with Crippen molar-refractivity contribution >= 4 is 9.84 Å². The zero-order valence-electron chi connectivity index (χ0n) is 16.2. The lowest BCUT2D eigenvalue weighted by atomic mass is 9.94. The third-order valence-corrected chi connectivity index (χ3v) is 5.62. The topological polar surface area (TPSA) is 61.8 Å². The molecule has 0 aromatic heterocycles. The van der Waals surface area contributed by atoms with Crippen LogP contribution in [-0.2, 0) is 9.84 Å². The summed E-state index contributed by atoms with van der Waals surface area (Å²) >= 11 is 0. The standard InChI is InChI=1S/C22H22O5S/c1-25-20-13-16(14-21(26-2)22(20)27-3)19-8-6-5-7-18(19)15-9-11-17(12-10-15)28(4,23)24/h5-14H,1-4H3. The molecule has 0 spiro atoms. The molecule has 3 rings (SSSR count). The van der Waals surface area contributed by atoms with Gasteiger partial charge >= 0.3 is 0 Å². The normalized spacial score (nSPS) is 11.1. The van der Waals surface area contributed by atoms with Gasteiger partial charge in [-0.15, -0.1) is 0 Å². The van der Waals surface area contributed by atoms with Crippen LogP contribution < -0.4 is 14.2 Å². The van der Waals surface area contributed by atoms with Gasteiger partial charge in [0.1, 0.15) is 0 Å². The second-order valence-electron chi connectivity index (χ2n) is 6.26. The molecule has 146 valence electrons. The van der Waals surface area contributed by atoms with Gasteiger partial charge in [0, 0.05) is 6.26 Å². The summed E-state index contributed by atoms with van der Waals surface area (Å²) in [6.07, 6.45) is 1.20. The Labute approximate surface area is 165 Å². The second kappa shape index (κ2) is 7.94. The maximum absolute atomic E-state index is 11.7. The lowest BCUT2D eigenvalue weighted by Crippen LogP contribution is -1.97. The number of rotatable bonds is 6. The molecule has 0 bridgehead atoms. The van der Waals surface area contributed by atoms with E-state index in [1.54, 1.807) is 33.5 Å². The molecule has 0 aliphatic carbocycles. The van der Waals surface area contributed by atoms with Gasteiger partial charge in [0.2, 0.25) is 5.75 Å². The Hall–Kier alpha value is -2.99. The highest BCUT2D eigenvalue weighted by Crippen LogP contribution is 2.43. The molecule has 0 saturated carbocycles. The minimum Gasteiger partial charge on any atom is -0.493 e. The predicted octanol–water partition coefficient (Wildman–Crippen LogP) is 4.45. The summed E-state index contributed by atoms with van der Waals surface area (Å²) < 4.78 is 39.8. The lowest BCUT2D eigenvalue weighted by Gasteiger charge is -2.16. The first-order chi connectivity index (χ1) is 13.4. The number of ether oxygens (including phenoxy) is 3. The summed E-state index contributed by atoms with van der Waals surface area (Å²) in [5.41, 5.74) is 3.75. The third-order valence-electron chi connectivity index (χ3n) is 4.50. The van der Waals surface area contributed by atoms with Crippen molar-refractivity contribution in [1.82, 2.24) is 0 Å². The zero-order valence-corrected chi connectivity index (χ0v) is 17.0. The van der Waals surface area contributed by atoms with E-state index in [1.165, 1.54) is 6.26 Å². The molecule has 0 fully saturated rings. The van der Waals surface area contributed by atoms with Crippen LogP contribution in [0, 0.1) is 0 Å². The van der Waals surface area contributed by atoms with Gasteiger partial charge in [-0.25, -0.2) is 8.42 Å². The Kier molecular flexibility index (Phi) is 5.61. The fourth-order valence-corrected chi connectivity index (χ4v) is 3.74. The van der Waals surface area contributed by atoms with Gasteiger partial charge in [-0.05, 0) is 46.5 Å². The molecule has 0 amide bonds. The van der Waals surface area contributed by atoms with Gasteiger partial charge in [-0.2, -0.15) is 0 Å². The van der Waals surface area contributed by atoms with E-state index >= 15 is 0 Å². The highest BCUT2D eigenvalue weighted by molar-refractivity contribution is 7.90. The van der Waals surface area contributed by atoms with Crippen LogP contribution in [0.15, 0.2) is 65.6 Å². The minimum atomic E-state index is -3.24. The van der Waals surface area contributed by atoms with E-state index in [-0.39, 0.29) is 0 Å². The van der Waals surface area contributed by atoms with Crippen molar-refractivity contribution in [3.05, 3.63) is 60.7 Å². The molecule has 0 aliphatic rings. The molecule has 0 atom stereocenters. The summed E-state index contributed by atoms with van der Waals surface area (Å²) in [5, 5.41) is 0. The molecule has 0 aliphatic heterocycles. The van der Waals surface area contributed by atoms with Crippen LogP contribution in [0.4, 0.5) is 0 Å². The van der Waals surface area contributed by atoms with Crippen LogP contribution in [0.25, 0.3) is 22.3 Å². The highest BCUT2D eigenvalue weighted by Gasteiger charge is 2.16. The van der Waals surface area contributed by atoms with Gasteiger partial charge in [0.25, 0.3) is 0 Å². The monoisotopic (exact) mass is 398 g/mol. The first kappa shape index (κ1) is 19.8. The molecule has 0 heterocycles. The third kappa shape index (κ3) is 3.82. The van der Waals surface area contributed by atoms with Gasteiger partial charge in [0.05, 0.1) is 26.2 Å². The Morgan fingerprint density at radius 2 is 1.18 bits per heavy atom. The van der Waals surface area contributed by atoms with E-state index in [0.717, 1.165) is 22.3 Å². The number of benzene rings is 3. The average Bonchev–Trinajstić information content (AvgIpc) is 2.72. The molecular weight excluding hydrogens is 376 g/mol. The van der Waals surface area contributed by atoms with E-state index in [0.29, 0.717) is 22.1 Å². The zero-order chi connectivity index (χ0) is 20.3. The first-order valence-corrected chi connectivity index (χ1v) is 10.5. The molecule has 0 saturated heterocycles. The van der Waals surface area contributed by atoms with Crippen molar-refractivity contribution in [2.24, 2.45) is 0 Å². The van der Waals surface area contributed by atoms with Crippen molar-refractivity contribution in [2.45, 2.75) is 4.90 Å². The Bertz CT molecular complexity index is 1060. The number of hydrogen-bond donors (Lipinski definition) is 0. The molecular formula is C22H22O5S. The summed E-state index contributed by atoms with van der Waals surface area (Å²) in [6, 6.07) is 18.5. The summed E-state index contributed by atoms with van der Waals surface area (Å²) in [6.45, 7) is 0. The smallest absolute Gasteiger partial charge is 0.203 e. The average molecular weight is 398 g/mol. The van der Waals surface area contributed by atoms with E-state index < -0.39 is 9.84 Å². The van der Waals surface area contributed by atoms with Crippen molar-refractivity contribution in [2.75, 3.05) is 27.6 Å². The van der Waals surface area contributed by atoms with Crippen molar-refractivity contribution < 1.29 is 22.6 Å². The van der Waals surface area contributed by atoms with Crippen LogP contribution in [0.1, 0.15) is 0 Å². The van der Waals surface area contributed by atoms with E-state index in [9.17, 15) is 8.42 Å². The predicted molar refractivity (Wildman–Crippen MR) is 110 cm³/mol. The van der Waals surface area contributed by atoms with Gasteiger partial charge < -0.3 is 14.2 Å². The molecule has 28 heavy (non-hydrogen) atoms. The second-order valence-corrected chi connectivity index (χ2v) is 8.27. The molecule has 0 N–H and O–H groups in total. The Morgan fingerprint density at radius 3 is 1.61 bits per heavy atom. The van der Waals surface area contributed by atoms with Gasteiger partial charge in [-0.3, -0.25) is 0 Å². The summed E-state index contributed by atoms with van der Waals surface area (Å²) in [4.78, 5) is 0.293. The SMILES string of the molecule is COc1cc(-c2ccccc2-c2ccc(S(C)(=O)=O)cc2)cc(OC)c1OC. The van der Waals surface area contributed by atoms with Crippen LogP contribution in [0.2, 0.25) is 0 Å². The van der Waals surface area contributed by atoms with Gasteiger partial charge in [0.15, 0.2) is 21.3 Å². The van der Waals surface area contributed by atoms with E-state index in [2.05, 4.69) is 0 Å². The van der Waals surface area contributed by atoms with Crippen molar-refractivity contribution in [3.63, 3.8) is 0 Å². The number of sulfone groups is 1. The Balaban J connectivity index is 2.16. The van der Waals surface area contributed by atoms with Crippen LogP contribution in [0.3, 0.4) is 0 Å². The van der Waals surface area contributed by atoms with Crippen molar-refractivity contribution in [3.8, 4) is 39.5 Å². The van der Waals surface area contributed by atoms with Crippen molar-refractivity contribution in [1.29, 1.82) is 0 Å². The molecule has 3 aromatic carbocycles. The fourth-order valence-electron chi connectivity index (χ4n) is 3.10. The molecule has 6 heteroatoms. The summed E-state index contributed by atoms with van der Waals surface area (Å²) in [7, 11) is 1.49. The summed E-state index contributed by atoms with van der Waals surface area (Å²) in [5.74, 6) is 1.67. The van der Waals surface area contributed by atoms with E-state index in [4.69, 9.17) is 14.2 Å². The first-order valence-electron chi connectivity index (χ1n) is 8.59. The van der Waals surface area contributed by atoms with Crippen LogP contribution in [0.5, 0.6) is 17.2 Å². The maximum atomic E-state index is 11.7. The molecule has 3 aromatic rings. The maximum Gasteiger partial charge on any atom is 0.203 e. The highest BCUT2D eigenvalue weighted by atomic mass is 32.2. The quantitative estimate of drug-likeness (QED) is 0.614. The van der Waals surface area contributed by atoms with E-state index in [1.807, 2.05) is 48.5 Å². The largest absolute Gasteiger partial charge is 0.493 e. The van der Waals surface area contributed by atoms with Crippen LogP contribution >= 0.6 is 0 Å². The molecule has 0 unspecified atom stereocenters.